The molecule has 0 radical (unpaired) electrons. The van der Waals surface area contributed by atoms with Gasteiger partial charge in [-0.05, 0) is 37.1 Å². The average molecular weight is 391 g/mol. The van der Waals surface area contributed by atoms with Gasteiger partial charge >= 0.3 is 0 Å². The van der Waals surface area contributed by atoms with Crippen molar-refractivity contribution in [2.75, 3.05) is 20.2 Å². The number of ether oxygens (including phenoxy) is 1. The number of sulfonamides is 1. The van der Waals surface area contributed by atoms with Crippen LogP contribution in [0.15, 0.2) is 47.4 Å². The van der Waals surface area contributed by atoms with E-state index in [0.29, 0.717) is 6.54 Å². The van der Waals surface area contributed by atoms with Crippen molar-refractivity contribution in [1.29, 1.82) is 0 Å². The molecule has 0 heterocycles. The summed E-state index contributed by atoms with van der Waals surface area (Å²) in [5, 5.41) is 0. The third-order valence-corrected chi connectivity index (χ3v) is 5.67. The van der Waals surface area contributed by atoms with E-state index in [2.05, 4.69) is 4.72 Å². The molecule has 0 saturated carbocycles. The highest BCUT2D eigenvalue weighted by Gasteiger charge is 2.20. The van der Waals surface area contributed by atoms with Crippen molar-refractivity contribution in [3.63, 3.8) is 0 Å². The highest BCUT2D eigenvalue weighted by molar-refractivity contribution is 7.89. The Morgan fingerprint density at radius 3 is 2.44 bits per heavy atom. The molecule has 0 aliphatic rings. The maximum atomic E-state index is 12.6. The standard InChI is InChI=1S/C20H26N2O4S/c1-15-6-5-7-18(12-15)14-22(17(3)23)11-10-21-27(24,25)20-13-16(2)8-9-19(20)26-4/h5-9,12-13,21H,10-11,14H2,1-4H3. The van der Waals surface area contributed by atoms with Gasteiger partial charge in [-0.3, -0.25) is 4.79 Å². The summed E-state index contributed by atoms with van der Waals surface area (Å²) in [7, 11) is -2.31. The fourth-order valence-electron chi connectivity index (χ4n) is 2.77. The number of nitrogens with one attached hydrogen (secondary N) is 1. The maximum absolute atomic E-state index is 12.6. The molecule has 0 aliphatic carbocycles. The molecule has 0 bridgehead atoms. The Labute approximate surface area is 161 Å². The minimum atomic E-state index is -3.74. The minimum Gasteiger partial charge on any atom is -0.495 e. The van der Waals surface area contributed by atoms with Gasteiger partial charge in [0.2, 0.25) is 15.9 Å². The first-order valence-corrected chi connectivity index (χ1v) is 10.2. The highest BCUT2D eigenvalue weighted by atomic mass is 32.2. The number of rotatable bonds is 8. The van der Waals surface area contributed by atoms with Gasteiger partial charge in [0.15, 0.2) is 0 Å². The van der Waals surface area contributed by atoms with Gasteiger partial charge in [0, 0.05) is 26.6 Å². The molecule has 2 aromatic carbocycles. The van der Waals surface area contributed by atoms with Gasteiger partial charge in [-0.15, -0.1) is 0 Å². The number of nitrogens with zero attached hydrogens (tertiary/aromatic N) is 1. The van der Waals surface area contributed by atoms with Crippen molar-refractivity contribution < 1.29 is 17.9 Å². The molecule has 0 spiro atoms. The Morgan fingerprint density at radius 2 is 1.81 bits per heavy atom. The molecule has 27 heavy (non-hydrogen) atoms. The number of carbonyl (C=O) groups excluding carboxylic acids is 1. The second kappa shape index (κ2) is 9.01. The van der Waals surface area contributed by atoms with Gasteiger partial charge in [0.25, 0.3) is 0 Å². The van der Waals surface area contributed by atoms with Crippen LogP contribution in [0, 0.1) is 13.8 Å². The van der Waals surface area contributed by atoms with Crippen molar-refractivity contribution in [2.45, 2.75) is 32.2 Å². The van der Waals surface area contributed by atoms with Crippen LogP contribution < -0.4 is 9.46 Å². The van der Waals surface area contributed by atoms with E-state index in [9.17, 15) is 13.2 Å². The lowest BCUT2D eigenvalue weighted by atomic mass is 10.1. The van der Waals surface area contributed by atoms with Crippen LogP contribution in [0.2, 0.25) is 0 Å². The summed E-state index contributed by atoms with van der Waals surface area (Å²) in [4.78, 5) is 13.6. The van der Waals surface area contributed by atoms with E-state index in [-0.39, 0.29) is 29.6 Å². The third-order valence-electron chi connectivity index (χ3n) is 4.18. The van der Waals surface area contributed by atoms with Crippen molar-refractivity contribution in [3.05, 3.63) is 59.2 Å². The SMILES string of the molecule is COc1ccc(C)cc1S(=O)(=O)NCCN(Cc1cccc(C)c1)C(C)=O. The zero-order chi connectivity index (χ0) is 20.0. The molecule has 2 aromatic rings. The topological polar surface area (TPSA) is 75.7 Å². The quantitative estimate of drug-likeness (QED) is 0.752. The molecule has 0 aromatic heterocycles. The molecule has 1 amide bonds. The van der Waals surface area contributed by atoms with Crippen molar-refractivity contribution in [2.24, 2.45) is 0 Å². The normalized spacial score (nSPS) is 11.3. The smallest absolute Gasteiger partial charge is 0.244 e. The van der Waals surface area contributed by atoms with Crippen LogP contribution in [0.1, 0.15) is 23.6 Å². The lowest BCUT2D eigenvalue weighted by molar-refractivity contribution is -0.129. The monoisotopic (exact) mass is 390 g/mol. The van der Waals surface area contributed by atoms with Gasteiger partial charge in [-0.1, -0.05) is 35.9 Å². The van der Waals surface area contributed by atoms with Crippen molar-refractivity contribution in [3.8, 4) is 5.75 Å². The van der Waals surface area contributed by atoms with Gasteiger partial charge in [-0.2, -0.15) is 0 Å². The van der Waals surface area contributed by atoms with E-state index in [1.165, 1.54) is 14.0 Å². The van der Waals surface area contributed by atoms with Crippen LogP contribution in [0.5, 0.6) is 5.75 Å². The zero-order valence-corrected chi connectivity index (χ0v) is 17.0. The van der Waals surface area contributed by atoms with Gasteiger partial charge in [-0.25, -0.2) is 13.1 Å². The number of hydrogen-bond acceptors (Lipinski definition) is 4. The molecule has 6 nitrogen and oxygen atoms in total. The molecule has 0 unspecified atom stereocenters. The Hall–Kier alpha value is -2.38. The number of aryl methyl sites for hydroxylation is 2. The third kappa shape index (κ3) is 5.80. The average Bonchev–Trinajstić information content (AvgIpc) is 2.60. The van der Waals surface area contributed by atoms with Crippen LogP contribution in [-0.2, 0) is 21.4 Å². The van der Waals surface area contributed by atoms with Crippen molar-refractivity contribution in [1.82, 2.24) is 9.62 Å². The van der Waals surface area contributed by atoms with Crippen LogP contribution in [0.25, 0.3) is 0 Å². The zero-order valence-electron chi connectivity index (χ0n) is 16.2. The molecule has 7 heteroatoms. The Morgan fingerprint density at radius 1 is 1.11 bits per heavy atom. The number of amides is 1. The first-order chi connectivity index (χ1) is 12.7. The lowest BCUT2D eigenvalue weighted by Gasteiger charge is -2.22. The Bertz CT molecular complexity index is 910. The van der Waals surface area contributed by atoms with Crippen molar-refractivity contribution >= 4 is 15.9 Å². The molecular formula is C20H26N2O4S. The summed E-state index contributed by atoms with van der Waals surface area (Å²) in [5.41, 5.74) is 2.94. The second-order valence-electron chi connectivity index (χ2n) is 6.48. The van der Waals surface area contributed by atoms with Crippen LogP contribution >= 0.6 is 0 Å². The molecule has 146 valence electrons. The number of benzene rings is 2. The predicted molar refractivity (Wildman–Crippen MR) is 105 cm³/mol. The fraction of sp³-hybridized carbons (Fsp3) is 0.350. The first-order valence-electron chi connectivity index (χ1n) is 8.68. The van der Waals surface area contributed by atoms with E-state index in [0.717, 1.165) is 16.7 Å². The molecular weight excluding hydrogens is 364 g/mol. The predicted octanol–water partition coefficient (Wildman–Crippen LogP) is 2.64. The number of hydrogen-bond donors (Lipinski definition) is 1. The summed E-state index contributed by atoms with van der Waals surface area (Å²) in [6.07, 6.45) is 0. The summed E-state index contributed by atoms with van der Waals surface area (Å²) in [6, 6.07) is 12.9. The van der Waals surface area contributed by atoms with Crippen LogP contribution in [0.3, 0.4) is 0 Å². The molecule has 0 saturated heterocycles. The van der Waals surface area contributed by atoms with Gasteiger partial charge in [0.05, 0.1) is 7.11 Å². The van der Waals surface area contributed by atoms with E-state index in [1.54, 1.807) is 23.1 Å². The summed E-state index contributed by atoms with van der Waals surface area (Å²) in [6.45, 7) is 6.12. The lowest BCUT2D eigenvalue weighted by Crippen LogP contribution is -2.37. The number of carbonyl (C=O) groups is 1. The summed E-state index contributed by atoms with van der Waals surface area (Å²) in [5.74, 6) is 0.181. The van der Waals surface area contributed by atoms with E-state index >= 15 is 0 Å². The van der Waals surface area contributed by atoms with E-state index < -0.39 is 10.0 Å². The number of methoxy groups -OCH3 is 1. The second-order valence-corrected chi connectivity index (χ2v) is 8.22. The molecule has 2 rings (SSSR count). The first kappa shape index (κ1) is 20.9. The van der Waals surface area contributed by atoms with Gasteiger partial charge in [0.1, 0.15) is 10.6 Å². The molecule has 1 N–H and O–H groups in total. The van der Waals surface area contributed by atoms with Crippen LogP contribution in [0.4, 0.5) is 0 Å². The van der Waals surface area contributed by atoms with Crippen LogP contribution in [-0.4, -0.2) is 39.4 Å². The Balaban J connectivity index is 2.06. The summed E-state index contributed by atoms with van der Waals surface area (Å²) < 4.78 is 33.0. The highest BCUT2D eigenvalue weighted by Crippen LogP contribution is 2.24. The largest absolute Gasteiger partial charge is 0.495 e. The van der Waals surface area contributed by atoms with Gasteiger partial charge < -0.3 is 9.64 Å². The maximum Gasteiger partial charge on any atom is 0.244 e. The molecule has 0 fully saturated rings. The minimum absolute atomic E-state index is 0.0954. The molecule has 0 atom stereocenters. The van der Waals surface area contributed by atoms with E-state index in [1.807, 2.05) is 38.1 Å². The molecule has 0 aliphatic heterocycles. The summed E-state index contributed by atoms with van der Waals surface area (Å²) >= 11 is 0. The van der Waals surface area contributed by atoms with E-state index in [4.69, 9.17) is 4.74 Å². The fourth-order valence-corrected chi connectivity index (χ4v) is 4.04. The Kier molecular flexibility index (Phi) is 6.98.